The molecule has 14 heavy (non-hydrogen) atoms. The summed E-state index contributed by atoms with van der Waals surface area (Å²) in [5.41, 5.74) is 5.53. The zero-order chi connectivity index (χ0) is 10.7. The molecule has 4 heteroatoms. The van der Waals surface area contributed by atoms with E-state index in [1.807, 2.05) is 0 Å². The van der Waals surface area contributed by atoms with Crippen LogP contribution in [0.25, 0.3) is 0 Å². The lowest BCUT2D eigenvalue weighted by Gasteiger charge is -2.18. The molecule has 0 aliphatic carbocycles. The molecule has 0 aliphatic heterocycles. The van der Waals surface area contributed by atoms with Crippen LogP contribution in [0.3, 0.4) is 0 Å². The van der Waals surface area contributed by atoms with Crippen LogP contribution in [0.2, 0.25) is 0 Å². The molecular formula is C10H13F2NO. The Labute approximate surface area is 81.7 Å². The first kappa shape index (κ1) is 10.9. The lowest BCUT2D eigenvalue weighted by molar-refractivity contribution is 0.186. The van der Waals surface area contributed by atoms with Crippen LogP contribution in [0.4, 0.5) is 8.78 Å². The first-order valence-electron chi connectivity index (χ1n) is 4.38. The Morgan fingerprint density at radius 1 is 1.29 bits per heavy atom. The molecule has 0 spiro atoms. The lowest BCUT2D eigenvalue weighted by Crippen LogP contribution is -2.33. The van der Waals surface area contributed by atoms with E-state index in [9.17, 15) is 8.78 Å². The Morgan fingerprint density at radius 2 is 1.93 bits per heavy atom. The SMILES string of the molecule is CC(N)C(C)Oc1cccc(F)c1F. The van der Waals surface area contributed by atoms with Crippen molar-refractivity contribution in [2.45, 2.75) is 26.0 Å². The molecule has 0 heterocycles. The minimum absolute atomic E-state index is 0.102. The van der Waals surface area contributed by atoms with Crippen molar-refractivity contribution in [2.24, 2.45) is 5.73 Å². The van der Waals surface area contributed by atoms with Crippen LogP contribution in [0.5, 0.6) is 5.75 Å². The van der Waals surface area contributed by atoms with E-state index in [1.54, 1.807) is 13.8 Å². The molecule has 78 valence electrons. The Morgan fingerprint density at radius 3 is 2.50 bits per heavy atom. The fraction of sp³-hybridized carbons (Fsp3) is 0.400. The number of benzene rings is 1. The van der Waals surface area contributed by atoms with Gasteiger partial charge in [0.05, 0.1) is 0 Å². The Hall–Kier alpha value is -1.16. The van der Waals surface area contributed by atoms with Gasteiger partial charge < -0.3 is 10.5 Å². The zero-order valence-electron chi connectivity index (χ0n) is 8.13. The lowest BCUT2D eigenvalue weighted by atomic mass is 10.2. The minimum Gasteiger partial charge on any atom is -0.486 e. The molecule has 2 unspecified atom stereocenters. The topological polar surface area (TPSA) is 35.2 Å². The van der Waals surface area contributed by atoms with E-state index in [-0.39, 0.29) is 17.9 Å². The Bertz CT molecular complexity index is 315. The van der Waals surface area contributed by atoms with Crippen LogP contribution in [0, 0.1) is 11.6 Å². The summed E-state index contributed by atoms with van der Waals surface area (Å²) < 4.78 is 31.0. The maximum Gasteiger partial charge on any atom is 0.200 e. The number of halogens is 2. The third-order valence-corrected chi connectivity index (χ3v) is 1.97. The maximum absolute atomic E-state index is 13.1. The van der Waals surface area contributed by atoms with Crippen molar-refractivity contribution >= 4 is 0 Å². The van der Waals surface area contributed by atoms with E-state index in [0.717, 1.165) is 6.07 Å². The molecule has 2 nitrogen and oxygen atoms in total. The molecule has 0 amide bonds. The quantitative estimate of drug-likeness (QED) is 0.812. The summed E-state index contributed by atoms with van der Waals surface area (Å²) >= 11 is 0. The largest absolute Gasteiger partial charge is 0.486 e. The molecule has 0 aliphatic rings. The number of nitrogens with two attached hydrogens (primary N) is 1. The minimum atomic E-state index is -0.972. The second-order valence-electron chi connectivity index (χ2n) is 3.23. The van der Waals surface area contributed by atoms with Crippen molar-refractivity contribution in [3.63, 3.8) is 0 Å². The summed E-state index contributed by atoms with van der Waals surface area (Å²) in [7, 11) is 0. The fourth-order valence-corrected chi connectivity index (χ4v) is 0.883. The first-order valence-corrected chi connectivity index (χ1v) is 4.38. The van der Waals surface area contributed by atoms with Gasteiger partial charge in [-0.1, -0.05) is 6.07 Å². The van der Waals surface area contributed by atoms with Gasteiger partial charge in [0.1, 0.15) is 6.10 Å². The average molecular weight is 201 g/mol. The predicted molar refractivity (Wildman–Crippen MR) is 50.1 cm³/mol. The summed E-state index contributed by atoms with van der Waals surface area (Å²) in [6.45, 7) is 3.44. The first-order chi connectivity index (χ1) is 6.52. The van der Waals surface area contributed by atoms with Gasteiger partial charge in [0.15, 0.2) is 11.6 Å². The van der Waals surface area contributed by atoms with Gasteiger partial charge >= 0.3 is 0 Å². The fourth-order valence-electron chi connectivity index (χ4n) is 0.883. The molecule has 0 aromatic heterocycles. The van der Waals surface area contributed by atoms with Crippen LogP contribution in [-0.4, -0.2) is 12.1 Å². The maximum atomic E-state index is 13.1. The van der Waals surface area contributed by atoms with Crippen molar-refractivity contribution in [3.05, 3.63) is 29.8 Å². The highest BCUT2D eigenvalue weighted by Gasteiger charge is 2.14. The normalized spacial score (nSPS) is 14.9. The molecule has 0 radical (unpaired) electrons. The second kappa shape index (κ2) is 4.37. The highest BCUT2D eigenvalue weighted by Crippen LogP contribution is 2.20. The third-order valence-electron chi connectivity index (χ3n) is 1.97. The Kier molecular flexibility index (Phi) is 3.41. The molecule has 1 aromatic carbocycles. The van der Waals surface area contributed by atoms with Gasteiger partial charge in [0.2, 0.25) is 5.82 Å². The van der Waals surface area contributed by atoms with Crippen molar-refractivity contribution in [1.82, 2.24) is 0 Å². The van der Waals surface area contributed by atoms with E-state index in [2.05, 4.69) is 0 Å². The van der Waals surface area contributed by atoms with Crippen molar-refractivity contribution < 1.29 is 13.5 Å². The van der Waals surface area contributed by atoms with Gasteiger partial charge in [0, 0.05) is 6.04 Å². The summed E-state index contributed by atoms with van der Waals surface area (Å²) in [6.07, 6.45) is -0.355. The summed E-state index contributed by atoms with van der Waals surface area (Å²) in [6, 6.07) is 3.56. The molecule has 2 atom stereocenters. The van der Waals surface area contributed by atoms with E-state index < -0.39 is 11.6 Å². The van der Waals surface area contributed by atoms with Crippen LogP contribution in [0.1, 0.15) is 13.8 Å². The summed E-state index contributed by atoms with van der Waals surface area (Å²) in [5.74, 6) is -1.99. The number of hydrogen-bond acceptors (Lipinski definition) is 2. The standard InChI is InChI=1S/C10H13F2NO/c1-6(13)7(2)14-9-5-3-4-8(11)10(9)12/h3-7H,13H2,1-2H3. The Balaban J connectivity index is 2.82. The summed E-state index contributed by atoms with van der Waals surface area (Å²) in [4.78, 5) is 0. The number of hydrogen-bond donors (Lipinski definition) is 1. The monoisotopic (exact) mass is 201 g/mol. The van der Waals surface area contributed by atoms with Crippen molar-refractivity contribution in [2.75, 3.05) is 0 Å². The van der Waals surface area contributed by atoms with Gasteiger partial charge in [-0.25, -0.2) is 4.39 Å². The van der Waals surface area contributed by atoms with Crippen LogP contribution in [-0.2, 0) is 0 Å². The van der Waals surface area contributed by atoms with Gasteiger partial charge in [-0.15, -0.1) is 0 Å². The van der Waals surface area contributed by atoms with Gasteiger partial charge in [0.25, 0.3) is 0 Å². The van der Waals surface area contributed by atoms with Gasteiger partial charge in [-0.2, -0.15) is 4.39 Å². The molecule has 1 aromatic rings. The van der Waals surface area contributed by atoms with Crippen LogP contribution < -0.4 is 10.5 Å². The van der Waals surface area contributed by atoms with Crippen molar-refractivity contribution in [1.29, 1.82) is 0 Å². The highest BCUT2D eigenvalue weighted by molar-refractivity contribution is 5.25. The average Bonchev–Trinajstić information content (AvgIpc) is 2.12. The van der Waals surface area contributed by atoms with Crippen molar-refractivity contribution in [3.8, 4) is 5.75 Å². The summed E-state index contributed by atoms with van der Waals surface area (Å²) in [5, 5.41) is 0. The van der Waals surface area contributed by atoms with E-state index in [4.69, 9.17) is 10.5 Å². The molecule has 0 saturated carbocycles. The highest BCUT2D eigenvalue weighted by atomic mass is 19.2. The second-order valence-corrected chi connectivity index (χ2v) is 3.23. The third kappa shape index (κ3) is 2.42. The molecule has 0 saturated heterocycles. The number of rotatable bonds is 3. The smallest absolute Gasteiger partial charge is 0.200 e. The van der Waals surface area contributed by atoms with Crippen LogP contribution in [0.15, 0.2) is 18.2 Å². The predicted octanol–water partition coefficient (Wildman–Crippen LogP) is 2.08. The number of ether oxygens (including phenoxy) is 1. The van der Waals surface area contributed by atoms with E-state index in [0.29, 0.717) is 0 Å². The van der Waals surface area contributed by atoms with Crippen LogP contribution >= 0.6 is 0 Å². The van der Waals surface area contributed by atoms with E-state index in [1.165, 1.54) is 12.1 Å². The molecule has 0 fully saturated rings. The van der Waals surface area contributed by atoms with Gasteiger partial charge in [-0.05, 0) is 26.0 Å². The van der Waals surface area contributed by atoms with Gasteiger partial charge in [-0.3, -0.25) is 0 Å². The zero-order valence-corrected chi connectivity index (χ0v) is 8.13. The molecule has 1 rings (SSSR count). The molecule has 2 N–H and O–H groups in total. The molecule has 0 bridgehead atoms. The van der Waals surface area contributed by atoms with E-state index >= 15 is 0 Å². The molecular weight excluding hydrogens is 188 g/mol.